The molecule has 2 rings (SSSR count). The third-order valence-electron chi connectivity index (χ3n) is 2.21. The first-order valence-corrected chi connectivity index (χ1v) is 5.53. The molecule has 2 aromatic heterocycles. The normalized spacial score (nSPS) is 10.3. The number of hydrogen-bond acceptors (Lipinski definition) is 8. The highest BCUT2D eigenvalue weighted by Gasteiger charge is 2.04. The number of anilines is 3. The first-order chi connectivity index (χ1) is 8.67. The number of rotatable bonds is 5. The maximum atomic E-state index is 5.58. The maximum Gasteiger partial charge on any atom is 0.228 e. The molecule has 2 aromatic rings. The van der Waals surface area contributed by atoms with Crippen LogP contribution in [0, 0.1) is 6.92 Å². The Hall–Kier alpha value is -2.38. The van der Waals surface area contributed by atoms with Gasteiger partial charge in [-0.3, -0.25) is 0 Å². The number of hydrogen-bond donors (Lipinski definition) is 3. The third-order valence-corrected chi connectivity index (χ3v) is 2.21. The zero-order valence-electron chi connectivity index (χ0n) is 10.3. The molecule has 0 saturated heterocycles. The van der Waals surface area contributed by atoms with Gasteiger partial charge < -0.3 is 20.9 Å². The second-order valence-electron chi connectivity index (χ2n) is 3.66. The van der Waals surface area contributed by atoms with Crippen molar-refractivity contribution in [1.82, 2.24) is 20.1 Å². The average Bonchev–Trinajstić information content (AvgIpc) is 2.74. The minimum Gasteiger partial charge on any atom is -0.373 e. The highest BCUT2D eigenvalue weighted by molar-refractivity contribution is 5.50. The van der Waals surface area contributed by atoms with E-state index < -0.39 is 0 Å². The Morgan fingerprint density at radius 1 is 1.28 bits per heavy atom. The van der Waals surface area contributed by atoms with Gasteiger partial charge in [-0.1, -0.05) is 5.16 Å². The Balaban J connectivity index is 1.91. The van der Waals surface area contributed by atoms with Crippen LogP contribution in [0.2, 0.25) is 0 Å². The van der Waals surface area contributed by atoms with Gasteiger partial charge in [0.05, 0.1) is 0 Å². The molecule has 2 heterocycles. The molecule has 0 bridgehead atoms. The van der Waals surface area contributed by atoms with Crippen LogP contribution in [0.1, 0.15) is 11.7 Å². The molecule has 0 unspecified atom stereocenters. The van der Waals surface area contributed by atoms with Crippen LogP contribution in [-0.2, 0) is 6.42 Å². The van der Waals surface area contributed by atoms with Crippen LogP contribution in [-0.4, -0.2) is 33.7 Å². The molecule has 0 aliphatic heterocycles. The van der Waals surface area contributed by atoms with Crippen molar-refractivity contribution in [3.05, 3.63) is 17.8 Å². The van der Waals surface area contributed by atoms with Crippen molar-refractivity contribution in [2.75, 3.05) is 30.0 Å². The second kappa shape index (κ2) is 5.30. The molecule has 0 atom stereocenters. The van der Waals surface area contributed by atoms with Crippen LogP contribution in [0.4, 0.5) is 17.6 Å². The van der Waals surface area contributed by atoms with Gasteiger partial charge in [0.1, 0.15) is 11.6 Å². The van der Waals surface area contributed by atoms with E-state index in [4.69, 9.17) is 10.3 Å². The summed E-state index contributed by atoms with van der Waals surface area (Å²) in [6.07, 6.45) is 0.625. The van der Waals surface area contributed by atoms with E-state index in [0.29, 0.717) is 36.3 Å². The summed E-state index contributed by atoms with van der Waals surface area (Å²) in [4.78, 5) is 12.2. The van der Waals surface area contributed by atoms with Gasteiger partial charge in [-0.15, -0.1) is 0 Å². The number of nitrogens with one attached hydrogen (secondary N) is 2. The molecule has 96 valence electrons. The summed E-state index contributed by atoms with van der Waals surface area (Å²) in [6, 6.07) is 1.77. The molecule has 0 amide bonds. The lowest BCUT2D eigenvalue weighted by atomic mass is 10.4. The molecule has 0 fully saturated rings. The Kier molecular flexibility index (Phi) is 3.56. The SMILES string of the molecule is CNc1cc(NCCc2nc(C)no2)nc(N)n1. The van der Waals surface area contributed by atoms with Crippen molar-refractivity contribution in [2.45, 2.75) is 13.3 Å². The van der Waals surface area contributed by atoms with Gasteiger partial charge in [-0.2, -0.15) is 15.0 Å². The molecule has 8 nitrogen and oxygen atoms in total. The highest BCUT2D eigenvalue weighted by atomic mass is 16.5. The topological polar surface area (TPSA) is 115 Å². The third kappa shape index (κ3) is 3.06. The zero-order valence-corrected chi connectivity index (χ0v) is 10.3. The Bertz CT molecular complexity index is 525. The summed E-state index contributed by atoms with van der Waals surface area (Å²) in [5.74, 6) is 2.77. The number of nitrogens with zero attached hydrogens (tertiary/aromatic N) is 4. The molecule has 0 aliphatic rings. The van der Waals surface area contributed by atoms with Gasteiger partial charge in [0, 0.05) is 26.1 Å². The van der Waals surface area contributed by atoms with Crippen molar-refractivity contribution in [1.29, 1.82) is 0 Å². The molecule has 0 saturated carbocycles. The van der Waals surface area contributed by atoms with Crippen LogP contribution >= 0.6 is 0 Å². The smallest absolute Gasteiger partial charge is 0.228 e. The number of nitrogens with two attached hydrogens (primary N) is 1. The average molecular weight is 249 g/mol. The number of aromatic nitrogens is 4. The second-order valence-corrected chi connectivity index (χ2v) is 3.66. The molecule has 0 spiro atoms. The minimum absolute atomic E-state index is 0.220. The van der Waals surface area contributed by atoms with Gasteiger partial charge in [0.25, 0.3) is 0 Å². The van der Waals surface area contributed by atoms with Crippen LogP contribution in [0.5, 0.6) is 0 Å². The largest absolute Gasteiger partial charge is 0.373 e. The summed E-state index contributed by atoms with van der Waals surface area (Å²) in [5, 5.41) is 9.74. The van der Waals surface area contributed by atoms with Gasteiger partial charge in [0.15, 0.2) is 5.82 Å². The van der Waals surface area contributed by atoms with E-state index in [1.54, 1.807) is 20.0 Å². The summed E-state index contributed by atoms with van der Waals surface area (Å²) < 4.78 is 5.00. The summed E-state index contributed by atoms with van der Waals surface area (Å²) in [5.41, 5.74) is 5.58. The lowest BCUT2D eigenvalue weighted by molar-refractivity contribution is 0.377. The quantitative estimate of drug-likeness (QED) is 0.699. The fraction of sp³-hybridized carbons (Fsp3) is 0.400. The van der Waals surface area contributed by atoms with Crippen LogP contribution in [0.15, 0.2) is 10.6 Å². The molecular formula is C10H15N7O. The molecule has 8 heteroatoms. The first kappa shape index (κ1) is 12.1. The number of nitrogen functional groups attached to an aromatic ring is 1. The van der Waals surface area contributed by atoms with Crippen molar-refractivity contribution in [3.63, 3.8) is 0 Å². The van der Waals surface area contributed by atoms with Crippen molar-refractivity contribution in [2.24, 2.45) is 0 Å². The van der Waals surface area contributed by atoms with Gasteiger partial charge in [-0.05, 0) is 6.92 Å². The van der Waals surface area contributed by atoms with Gasteiger partial charge in [0.2, 0.25) is 11.8 Å². The van der Waals surface area contributed by atoms with E-state index in [1.807, 2.05) is 0 Å². The Morgan fingerprint density at radius 3 is 2.72 bits per heavy atom. The van der Waals surface area contributed by atoms with Gasteiger partial charge >= 0.3 is 0 Å². The lowest BCUT2D eigenvalue weighted by Crippen LogP contribution is -2.09. The van der Waals surface area contributed by atoms with E-state index >= 15 is 0 Å². The van der Waals surface area contributed by atoms with Gasteiger partial charge in [-0.25, -0.2) is 0 Å². The van der Waals surface area contributed by atoms with E-state index in [0.717, 1.165) is 0 Å². The standard InChI is InChI=1S/C10H15N7O/c1-6-14-9(18-17-6)3-4-13-8-5-7(12-2)15-10(11)16-8/h5H,3-4H2,1-2H3,(H4,11,12,13,15,16). The fourth-order valence-electron chi connectivity index (χ4n) is 1.42. The molecule has 0 radical (unpaired) electrons. The Labute approximate surface area is 104 Å². The maximum absolute atomic E-state index is 5.58. The molecule has 0 aromatic carbocycles. The number of aryl methyl sites for hydroxylation is 1. The van der Waals surface area contributed by atoms with E-state index in [1.165, 1.54) is 0 Å². The molecule has 18 heavy (non-hydrogen) atoms. The van der Waals surface area contributed by atoms with E-state index in [9.17, 15) is 0 Å². The minimum atomic E-state index is 0.220. The molecular weight excluding hydrogens is 234 g/mol. The zero-order chi connectivity index (χ0) is 13.0. The van der Waals surface area contributed by atoms with Crippen molar-refractivity contribution >= 4 is 17.6 Å². The first-order valence-electron chi connectivity index (χ1n) is 5.53. The van der Waals surface area contributed by atoms with E-state index in [2.05, 4.69) is 30.7 Å². The lowest BCUT2D eigenvalue weighted by Gasteiger charge is -2.06. The van der Waals surface area contributed by atoms with Crippen molar-refractivity contribution < 1.29 is 4.52 Å². The fourth-order valence-corrected chi connectivity index (χ4v) is 1.42. The molecule has 0 aliphatic carbocycles. The van der Waals surface area contributed by atoms with Crippen LogP contribution in [0.25, 0.3) is 0 Å². The Morgan fingerprint density at radius 2 is 2.06 bits per heavy atom. The van der Waals surface area contributed by atoms with Crippen LogP contribution < -0.4 is 16.4 Å². The summed E-state index contributed by atoms with van der Waals surface area (Å²) in [6.45, 7) is 2.41. The highest BCUT2D eigenvalue weighted by Crippen LogP contribution is 2.11. The van der Waals surface area contributed by atoms with Crippen molar-refractivity contribution in [3.8, 4) is 0 Å². The van der Waals surface area contributed by atoms with Crippen LogP contribution in [0.3, 0.4) is 0 Å². The predicted octanol–water partition coefficient (Wildman–Crippen LogP) is 0.447. The summed E-state index contributed by atoms with van der Waals surface area (Å²) >= 11 is 0. The van der Waals surface area contributed by atoms with E-state index in [-0.39, 0.29) is 5.95 Å². The molecule has 4 N–H and O–H groups in total. The predicted molar refractivity (Wildman–Crippen MR) is 67.2 cm³/mol. The summed E-state index contributed by atoms with van der Waals surface area (Å²) in [7, 11) is 1.77. The monoisotopic (exact) mass is 249 g/mol.